The number of benzene rings is 3. The Morgan fingerprint density at radius 1 is 0.970 bits per heavy atom. The standard InChI is InChI=1S/C25H18ClN5O2/c26-17-8-11-20-21(13-17)30-22(32)12-16-14-27-25(31-23(16)20)29-19-9-6-15(7-10-19)24(33)28-18-4-2-1-3-5-18/h1-11,13-14H,12H2,(H,28,33)(H,30,32)(H,27,29,31). The second kappa shape index (κ2) is 8.72. The third kappa shape index (κ3) is 4.53. The van der Waals surface area contributed by atoms with Crippen LogP contribution in [0.3, 0.4) is 0 Å². The van der Waals surface area contributed by atoms with E-state index in [1.807, 2.05) is 36.4 Å². The molecule has 3 N–H and O–H groups in total. The Labute approximate surface area is 194 Å². The highest BCUT2D eigenvalue weighted by Gasteiger charge is 2.21. The number of nitrogens with zero attached hydrogens (tertiary/aromatic N) is 2. The second-order valence-electron chi connectivity index (χ2n) is 7.50. The van der Waals surface area contributed by atoms with E-state index < -0.39 is 0 Å². The Hall–Kier alpha value is -4.23. The monoisotopic (exact) mass is 455 g/mol. The van der Waals surface area contributed by atoms with E-state index in [0.717, 1.165) is 22.5 Å². The third-order valence-electron chi connectivity index (χ3n) is 5.16. The fourth-order valence-corrected chi connectivity index (χ4v) is 3.75. The zero-order valence-corrected chi connectivity index (χ0v) is 18.1. The molecular weight excluding hydrogens is 438 g/mol. The van der Waals surface area contributed by atoms with Crippen LogP contribution in [-0.2, 0) is 11.2 Å². The molecule has 0 atom stereocenters. The summed E-state index contributed by atoms with van der Waals surface area (Å²) in [4.78, 5) is 33.7. The smallest absolute Gasteiger partial charge is 0.255 e. The van der Waals surface area contributed by atoms with Gasteiger partial charge in [0.1, 0.15) is 0 Å². The normalized spacial score (nSPS) is 12.1. The zero-order chi connectivity index (χ0) is 22.8. The summed E-state index contributed by atoms with van der Waals surface area (Å²) in [5.41, 5.74) is 4.78. The van der Waals surface area contributed by atoms with Crippen LogP contribution in [0.5, 0.6) is 0 Å². The van der Waals surface area contributed by atoms with Gasteiger partial charge in [-0.25, -0.2) is 9.97 Å². The fourth-order valence-electron chi connectivity index (χ4n) is 3.58. The van der Waals surface area contributed by atoms with Crippen LogP contribution >= 0.6 is 11.6 Å². The number of hydrogen-bond donors (Lipinski definition) is 3. The van der Waals surface area contributed by atoms with Gasteiger partial charge in [0.25, 0.3) is 5.91 Å². The number of anilines is 4. The molecule has 0 saturated heterocycles. The van der Waals surface area contributed by atoms with Gasteiger partial charge in [-0.05, 0) is 54.6 Å². The number of carbonyl (C=O) groups excluding carboxylic acids is 2. The molecule has 3 aromatic carbocycles. The summed E-state index contributed by atoms with van der Waals surface area (Å²) < 4.78 is 0. The molecule has 8 heteroatoms. The number of halogens is 1. The highest BCUT2D eigenvalue weighted by molar-refractivity contribution is 6.31. The molecule has 2 heterocycles. The molecule has 4 aromatic rings. The molecule has 1 aliphatic heterocycles. The summed E-state index contributed by atoms with van der Waals surface area (Å²) in [6.45, 7) is 0. The number of fused-ring (bicyclic) bond motifs is 3. The highest BCUT2D eigenvalue weighted by atomic mass is 35.5. The van der Waals surface area contributed by atoms with E-state index >= 15 is 0 Å². The van der Waals surface area contributed by atoms with E-state index in [0.29, 0.717) is 27.9 Å². The zero-order valence-electron chi connectivity index (χ0n) is 17.3. The number of hydrogen-bond acceptors (Lipinski definition) is 5. The molecule has 33 heavy (non-hydrogen) atoms. The summed E-state index contributed by atoms with van der Waals surface area (Å²) in [6.07, 6.45) is 1.82. The van der Waals surface area contributed by atoms with Gasteiger partial charge in [0.05, 0.1) is 17.8 Å². The van der Waals surface area contributed by atoms with E-state index in [1.54, 1.807) is 42.6 Å². The molecule has 1 aliphatic rings. The molecule has 0 aliphatic carbocycles. The van der Waals surface area contributed by atoms with Crippen molar-refractivity contribution in [1.82, 2.24) is 9.97 Å². The molecule has 0 saturated carbocycles. The molecule has 0 unspecified atom stereocenters. The van der Waals surface area contributed by atoms with Gasteiger partial charge < -0.3 is 16.0 Å². The average Bonchev–Trinajstić information content (AvgIpc) is 2.94. The first-order valence-corrected chi connectivity index (χ1v) is 10.6. The van der Waals surface area contributed by atoms with Crippen LogP contribution in [-0.4, -0.2) is 21.8 Å². The van der Waals surface area contributed by atoms with Crippen LogP contribution in [0.25, 0.3) is 11.3 Å². The number of carbonyl (C=O) groups is 2. The van der Waals surface area contributed by atoms with E-state index in [-0.39, 0.29) is 18.2 Å². The minimum absolute atomic E-state index is 0.147. The van der Waals surface area contributed by atoms with Crippen molar-refractivity contribution in [3.63, 3.8) is 0 Å². The van der Waals surface area contributed by atoms with Gasteiger partial charge in [-0.3, -0.25) is 9.59 Å². The maximum absolute atomic E-state index is 12.4. The molecule has 0 bridgehead atoms. The fraction of sp³-hybridized carbons (Fsp3) is 0.0400. The van der Waals surface area contributed by atoms with E-state index in [4.69, 9.17) is 11.6 Å². The van der Waals surface area contributed by atoms with Gasteiger partial charge in [0.2, 0.25) is 11.9 Å². The van der Waals surface area contributed by atoms with Crippen LogP contribution in [0.2, 0.25) is 5.02 Å². The molecular formula is C25H18ClN5O2. The van der Waals surface area contributed by atoms with E-state index in [9.17, 15) is 9.59 Å². The van der Waals surface area contributed by atoms with Gasteiger partial charge in [-0.15, -0.1) is 0 Å². The van der Waals surface area contributed by atoms with Crippen molar-refractivity contribution >= 4 is 46.4 Å². The first kappa shape index (κ1) is 20.7. The summed E-state index contributed by atoms with van der Waals surface area (Å²) in [5.74, 6) is 0.0397. The number of aromatic nitrogens is 2. The lowest BCUT2D eigenvalue weighted by molar-refractivity contribution is -0.115. The first-order chi connectivity index (χ1) is 16.0. The summed E-state index contributed by atoms with van der Waals surface area (Å²) in [6, 6.07) is 21.6. The molecule has 1 aromatic heterocycles. The van der Waals surface area contributed by atoms with E-state index in [1.165, 1.54) is 0 Å². The quantitative estimate of drug-likeness (QED) is 0.388. The maximum atomic E-state index is 12.4. The van der Waals surface area contributed by atoms with Crippen LogP contribution in [0, 0.1) is 0 Å². The Balaban J connectivity index is 1.37. The van der Waals surface area contributed by atoms with Gasteiger partial charge >= 0.3 is 0 Å². The summed E-state index contributed by atoms with van der Waals surface area (Å²) in [5, 5.41) is 9.41. The third-order valence-corrected chi connectivity index (χ3v) is 5.40. The van der Waals surface area contributed by atoms with Crippen molar-refractivity contribution in [3.8, 4) is 11.3 Å². The largest absolute Gasteiger partial charge is 0.325 e. The Bertz CT molecular complexity index is 1360. The number of para-hydroxylation sites is 1. The van der Waals surface area contributed by atoms with Crippen LogP contribution in [0.4, 0.5) is 23.0 Å². The Morgan fingerprint density at radius 3 is 2.55 bits per heavy atom. The lowest BCUT2D eigenvalue weighted by Gasteiger charge is -2.11. The topological polar surface area (TPSA) is 96.0 Å². The molecule has 2 amide bonds. The molecule has 0 fully saturated rings. The van der Waals surface area contributed by atoms with Crippen molar-refractivity contribution < 1.29 is 9.59 Å². The average molecular weight is 456 g/mol. The molecule has 5 rings (SSSR count). The number of nitrogens with one attached hydrogen (secondary N) is 3. The first-order valence-electron chi connectivity index (χ1n) is 10.2. The number of rotatable bonds is 4. The van der Waals surface area contributed by atoms with Crippen LogP contribution < -0.4 is 16.0 Å². The van der Waals surface area contributed by atoms with Gasteiger partial charge in [-0.1, -0.05) is 29.8 Å². The van der Waals surface area contributed by atoms with Crippen molar-refractivity contribution in [2.75, 3.05) is 16.0 Å². The van der Waals surface area contributed by atoms with Gasteiger partial charge in [0.15, 0.2) is 0 Å². The molecule has 0 radical (unpaired) electrons. The SMILES string of the molecule is O=C1Cc2cnc(Nc3ccc(C(=O)Nc4ccccc4)cc3)nc2-c2ccc(Cl)cc2N1. The maximum Gasteiger partial charge on any atom is 0.255 e. The lowest BCUT2D eigenvalue weighted by Crippen LogP contribution is -2.12. The minimum atomic E-state index is -0.193. The van der Waals surface area contributed by atoms with Crippen molar-refractivity contribution in [1.29, 1.82) is 0 Å². The van der Waals surface area contributed by atoms with Gasteiger partial charge in [-0.2, -0.15) is 0 Å². The van der Waals surface area contributed by atoms with Crippen LogP contribution in [0.1, 0.15) is 15.9 Å². The van der Waals surface area contributed by atoms with E-state index in [2.05, 4.69) is 25.9 Å². The summed E-state index contributed by atoms with van der Waals surface area (Å²) in [7, 11) is 0. The van der Waals surface area contributed by atoms with Crippen LogP contribution in [0.15, 0.2) is 79.0 Å². The van der Waals surface area contributed by atoms with Crippen molar-refractivity contribution in [3.05, 3.63) is 95.1 Å². The predicted octanol–water partition coefficient (Wildman–Crippen LogP) is 5.29. The second-order valence-corrected chi connectivity index (χ2v) is 7.94. The molecule has 7 nitrogen and oxygen atoms in total. The highest BCUT2D eigenvalue weighted by Crippen LogP contribution is 2.34. The molecule has 0 spiro atoms. The lowest BCUT2D eigenvalue weighted by atomic mass is 10.1. The summed E-state index contributed by atoms with van der Waals surface area (Å²) >= 11 is 6.10. The Morgan fingerprint density at radius 2 is 1.76 bits per heavy atom. The van der Waals surface area contributed by atoms with Gasteiger partial charge in [0, 0.05) is 39.3 Å². The molecule has 162 valence electrons. The van der Waals surface area contributed by atoms with Crippen molar-refractivity contribution in [2.45, 2.75) is 6.42 Å². The minimum Gasteiger partial charge on any atom is -0.325 e. The number of amides is 2. The predicted molar refractivity (Wildman–Crippen MR) is 129 cm³/mol. The van der Waals surface area contributed by atoms with Crippen molar-refractivity contribution in [2.24, 2.45) is 0 Å². The Kier molecular flexibility index (Phi) is 5.46.